The molecule has 0 aliphatic heterocycles. The van der Waals surface area contributed by atoms with Gasteiger partial charge in [-0.05, 0) is 31.2 Å². The topological polar surface area (TPSA) is 75.2 Å². The van der Waals surface area contributed by atoms with Crippen LogP contribution in [0.5, 0.6) is 0 Å². The van der Waals surface area contributed by atoms with E-state index in [0.29, 0.717) is 22.1 Å². The Morgan fingerprint density at radius 3 is 2.08 bits per heavy atom. The molecule has 2 amide bonds. The van der Waals surface area contributed by atoms with Gasteiger partial charge in [-0.25, -0.2) is 4.98 Å². The summed E-state index contributed by atoms with van der Waals surface area (Å²) in [5.41, 5.74) is 3.51. The summed E-state index contributed by atoms with van der Waals surface area (Å²) in [6.45, 7) is 1.73. The minimum atomic E-state index is -0.396. The monoisotopic (exact) mass is 338 g/mol. The number of hydrogen-bond acceptors (Lipinski definition) is 5. The molecule has 0 fully saturated rings. The van der Waals surface area contributed by atoms with Gasteiger partial charge < -0.3 is 0 Å². The van der Waals surface area contributed by atoms with Gasteiger partial charge in [0.15, 0.2) is 0 Å². The fourth-order valence-corrected chi connectivity index (χ4v) is 2.67. The first-order chi connectivity index (χ1) is 11.6. The molecule has 1 aromatic heterocycles. The first kappa shape index (κ1) is 15.8. The number of aromatic nitrogens is 2. The van der Waals surface area contributed by atoms with E-state index in [1.807, 2.05) is 12.1 Å². The maximum absolute atomic E-state index is 12.8. The molecule has 0 aliphatic carbocycles. The van der Waals surface area contributed by atoms with Gasteiger partial charge >= 0.3 is 0 Å². The van der Waals surface area contributed by atoms with Gasteiger partial charge in [-0.15, -0.1) is 0 Å². The highest BCUT2D eigenvalue weighted by Crippen LogP contribution is 2.18. The molecule has 120 valence electrons. The van der Waals surface area contributed by atoms with E-state index in [1.165, 1.54) is 0 Å². The van der Waals surface area contributed by atoms with Crippen LogP contribution in [0.1, 0.15) is 26.5 Å². The van der Waals surface area contributed by atoms with Gasteiger partial charge in [0.2, 0.25) is 5.13 Å². The van der Waals surface area contributed by atoms with Gasteiger partial charge in [0.25, 0.3) is 11.8 Å². The second kappa shape index (κ2) is 7.01. The van der Waals surface area contributed by atoms with Gasteiger partial charge in [0.05, 0.1) is 0 Å². The van der Waals surface area contributed by atoms with Crippen molar-refractivity contribution in [2.24, 2.45) is 0 Å². The summed E-state index contributed by atoms with van der Waals surface area (Å²) in [7, 11) is 0. The van der Waals surface area contributed by atoms with Crippen LogP contribution in [-0.2, 0) is 0 Å². The molecule has 6 nitrogen and oxygen atoms in total. The number of rotatable bonds is 3. The SMILES string of the molecule is Cc1nsc(N(NC(=O)c2ccccc2)C(=O)c2ccccc2)n1. The van der Waals surface area contributed by atoms with Gasteiger partial charge in [-0.2, -0.15) is 9.38 Å². The number of hydrazine groups is 1. The van der Waals surface area contributed by atoms with Crippen molar-refractivity contribution in [3.63, 3.8) is 0 Å². The molecule has 1 heterocycles. The lowest BCUT2D eigenvalue weighted by Crippen LogP contribution is -2.46. The molecule has 3 rings (SSSR count). The Morgan fingerprint density at radius 2 is 1.54 bits per heavy atom. The van der Waals surface area contributed by atoms with E-state index >= 15 is 0 Å². The standard InChI is InChI=1S/C17H14N4O2S/c1-12-18-17(24-20-12)21(16(23)14-10-6-3-7-11-14)19-15(22)13-8-4-2-5-9-13/h2-11H,1H3,(H,19,22). The Labute approximate surface area is 142 Å². The minimum Gasteiger partial charge on any atom is -0.267 e. The molecule has 2 aromatic carbocycles. The fourth-order valence-electron chi connectivity index (χ4n) is 2.03. The maximum Gasteiger partial charge on any atom is 0.279 e. The van der Waals surface area contributed by atoms with Crippen molar-refractivity contribution in [1.29, 1.82) is 0 Å². The number of nitrogens with one attached hydrogen (secondary N) is 1. The van der Waals surface area contributed by atoms with E-state index in [1.54, 1.807) is 55.5 Å². The second-order valence-corrected chi connectivity index (χ2v) is 5.67. The normalized spacial score (nSPS) is 10.2. The third-order valence-electron chi connectivity index (χ3n) is 3.18. The van der Waals surface area contributed by atoms with E-state index < -0.39 is 5.91 Å². The zero-order valence-electron chi connectivity index (χ0n) is 12.8. The maximum atomic E-state index is 12.8. The molecule has 0 atom stereocenters. The van der Waals surface area contributed by atoms with Crippen LogP contribution in [0.2, 0.25) is 0 Å². The van der Waals surface area contributed by atoms with E-state index in [9.17, 15) is 9.59 Å². The number of anilines is 1. The molecular formula is C17H14N4O2S. The van der Waals surface area contributed by atoms with Crippen LogP contribution in [0.4, 0.5) is 5.13 Å². The lowest BCUT2D eigenvalue weighted by atomic mass is 10.2. The van der Waals surface area contributed by atoms with Crippen molar-refractivity contribution in [2.45, 2.75) is 6.92 Å². The largest absolute Gasteiger partial charge is 0.279 e. The Bertz CT molecular complexity index is 849. The summed E-state index contributed by atoms with van der Waals surface area (Å²) in [5, 5.41) is 1.45. The van der Waals surface area contributed by atoms with Crippen LogP contribution in [0.25, 0.3) is 0 Å². The number of carbonyl (C=O) groups excluding carboxylic acids is 2. The van der Waals surface area contributed by atoms with Gasteiger partial charge in [0, 0.05) is 22.7 Å². The molecule has 0 unspecified atom stereocenters. The molecule has 0 radical (unpaired) electrons. The molecule has 0 bridgehead atoms. The first-order valence-electron chi connectivity index (χ1n) is 7.21. The van der Waals surface area contributed by atoms with E-state index in [0.717, 1.165) is 16.5 Å². The summed E-state index contributed by atoms with van der Waals surface area (Å²) in [5.74, 6) is -0.237. The van der Waals surface area contributed by atoms with E-state index in [2.05, 4.69) is 14.8 Å². The summed E-state index contributed by atoms with van der Waals surface area (Å²) >= 11 is 1.05. The first-order valence-corrected chi connectivity index (χ1v) is 7.98. The zero-order valence-corrected chi connectivity index (χ0v) is 13.7. The Hall–Kier alpha value is -3.06. The van der Waals surface area contributed by atoms with Crippen molar-refractivity contribution >= 4 is 28.5 Å². The summed E-state index contributed by atoms with van der Waals surface area (Å²) in [6.07, 6.45) is 0. The summed E-state index contributed by atoms with van der Waals surface area (Å²) < 4.78 is 4.08. The molecule has 1 N–H and O–H groups in total. The third-order valence-corrected chi connectivity index (χ3v) is 3.97. The smallest absolute Gasteiger partial charge is 0.267 e. The van der Waals surface area contributed by atoms with E-state index in [4.69, 9.17) is 0 Å². The Kier molecular flexibility index (Phi) is 4.62. The highest BCUT2D eigenvalue weighted by Gasteiger charge is 2.23. The molecule has 0 aliphatic rings. The number of amides is 2. The van der Waals surface area contributed by atoms with Crippen LogP contribution < -0.4 is 10.4 Å². The average Bonchev–Trinajstić information content (AvgIpc) is 3.06. The third kappa shape index (κ3) is 3.47. The number of hydrogen-bond donors (Lipinski definition) is 1. The predicted molar refractivity (Wildman–Crippen MR) is 91.8 cm³/mol. The van der Waals surface area contributed by atoms with Gasteiger partial charge in [0.1, 0.15) is 5.82 Å². The van der Waals surface area contributed by atoms with Crippen molar-refractivity contribution in [3.05, 3.63) is 77.6 Å². The Balaban J connectivity index is 1.91. The molecule has 7 heteroatoms. The van der Waals surface area contributed by atoms with Crippen LogP contribution in [0.3, 0.4) is 0 Å². The van der Waals surface area contributed by atoms with Crippen LogP contribution in [0.15, 0.2) is 60.7 Å². The second-order valence-electron chi connectivity index (χ2n) is 4.94. The van der Waals surface area contributed by atoms with Crippen molar-refractivity contribution in [1.82, 2.24) is 14.8 Å². The molecule has 0 spiro atoms. The summed E-state index contributed by atoms with van der Waals surface area (Å²) in [6, 6.07) is 17.4. The molecular weight excluding hydrogens is 324 g/mol. The number of carbonyl (C=O) groups is 2. The average molecular weight is 338 g/mol. The molecule has 0 saturated heterocycles. The Morgan fingerprint density at radius 1 is 0.958 bits per heavy atom. The van der Waals surface area contributed by atoms with Crippen LogP contribution in [0, 0.1) is 6.92 Å². The quantitative estimate of drug-likeness (QED) is 0.745. The van der Waals surface area contributed by atoms with Crippen LogP contribution >= 0.6 is 11.5 Å². The predicted octanol–water partition coefficient (Wildman–Crippen LogP) is 2.84. The molecule has 3 aromatic rings. The zero-order chi connectivity index (χ0) is 16.9. The number of nitrogens with zero attached hydrogens (tertiary/aromatic N) is 3. The lowest BCUT2D eigenvalue weighted by Gasteiger charge is -2.20. The highest BCUT2D eigenvalue weighted by atomic mass is 32.1. The number of aryl methyl sites for hydroxylation is 1. The number of benzene rings is 2. The highest BCUT2D eigenvalue weighted by molar-refractivity contribution is 7.09. The van der Waals surface area contributed by atoms with Gasteiger partial charge in [-0.1, -0.05) is 36.4 Å². The van der Waals surface area contributed by atoms with Crippen molar-refractivity contribution in [2.75, 3.05) is 5.01 Å². The summed E-state index contributed by atoms with van der Waals surface area (Å²) in [4.78, 5) is 29.4. The van der Waals surface area contributed by atoms with Crippen LogP contribution in [-0.4, -0.2) is 21.2 Å². The van der Waals surface area contributed by atoms with Gasteiger partial charge in [-0.3, -0.25) is 15.0 Å². The lowest BCUT2D eigenvalue weighted by molar-refractivity contribution is 0.0887. The van der Waals surface area contributed by atoms with Crippen molar-refractivity contribution in [3.8, 4) is 0 Å². The molecule has 0 saturated carbocycles. The van der Waals surface area contributed by atoms with E-state index in [-0.39, 0.29) is 5.91 Å². The molecule has 24 heavy (non-hydrogen) atoms. The fraction of sp³-hybridized carbons (Fsp3) is 0.0588. The van der Waals surface area contributed by atoms with Crippen molar-refractivity contribution < 1.29 is 9.59 Å². The minimum absolute atomic E-state index is 0.311.